The van der Waals surface area contributed by atoms with E-state index in [9.17, 15) is 0 Å². The van der Waals surface area contributed by atoms with E-state index in [0.29, 0.717) is 12.5 Å². The summed E-state index contributed by atoms with van der Waals surface area (Å²) in [4.78, 5) is 8.61. The van der Waals surface area contributed by atoms with Gasteiger partial charge in [-0.2, -0.15) is 0 Å². The fraction of sp³-hybridized carbons (Fsp3) is 0.385. The number of aromatic nitrogens is 2. The van der Waals surface area contributed by atoms with Crippen LogP contribution in [-0.4, -0.2) is 37.3 Å². The molecule has 1 atom stereocenters. The third-order valence-corrected chi connectivity index (χ3v) is 3.50. The summed E-state index contributed by atoms with van der Waals surface area (Å²) in [5.74, 6) is 0.610. The summed E-state index contributed by atoms with van der Waals surface area (Å²) in [5.41, 5.74) is 1.06. The minimum atomic E-state index is 0.0357. The molecular weight excluding hydrogens is 262 g/mol. The van der Waals surface area contributed by atoms with Crippen molar-refractivity contribution in [3.8, 4) is 5.88 Å². The van der Waals surface area contributed by atoms with Crippen molar-refractivity contribution in [3.63, 3.8) is 0 Å². The average Bonchev–Trinajstić information content (AvgIpc) is 2.98. The Bertz CT molecular complexity index is 473. The zero-order valence-corrected chi connectivity index (χ0v) is 11.8. The molecule has 2 aromatic rings. The summed E-state index contributed by atoms with van der Waals surface area (Å²) < 4.78 is 10.1. The van der Waals surface area contributed by atoms with Crippen LogP contribution in [0, 0.1) is 0 Å². The first kappa shape index (κ1) is 13.9. The average molecular weight is 279 g/mol. The van der Waals surface area contributed by atoms with Crippen molar-refractivity contribution in [2.75, 3.05) is 27.4 Å². The van der Waals surface area contributed by atoms with Gasteiger partial charge in [-0.3, -0.25) is 0 Å². The lowest BCUT2D eigenvalue weighted by molar-refractivity contribution is 0.197. The van der Waals surface area contributed by atoms with Crippen LogP contribution in [0.4, 0.5) is 0 Å². The van der Waals surface area contributed by atoms with E-state index in [1.54, 1.807) is 25.6 Å². The number of rotatable bonds is 7. The normalized spacial score (nSPS) is 12.3. The van der Waals surface area contributed by atoms with Gasteiger partial charge in [-0.15, -0.1) is 11.3 Å². The molecule has 19 heavy (non-hydrogen) atoms. The summed E-state index contributed by atoms with van der Waals surface area (Å²) in [6.07, 6.45) is 3.62. The van der Waals surface area contributed by atoms with Gasteiger partial charge in [-0.05, 0) is 5.56 Å². The Morgan fingerprint density at radius 1 is 1.32 bits per heavy atom. The van der Waals surface area contributed by atoms with E-state index >= 15 is 0 Å². The number of ether oxygens (including phenoxy) is 2. The Kier molecular flexibility index (Phi) is 5.26. The number of methoxy groups -OCH3 is 2. The van der Waals surface area contributed by atoms with Crippen LogP contribution in [-0.2, 0) is 4.74 Å². The van der Waals surface area contributed by atoms with Gasteiger partial charge in [0.05, 0.1) is 19.8 Å². The Hall–Kier alpha value is -1.50. The molecule has 1 N–H and O–H groups in total. The Labute approximate surface area is 116 Å². The summed E-state index contributed by atoms with van der Waals surface area (Å²) in [6, 6.07) is 3.89. The first-order valence-electron chi connectivity index (χ1n) is 5.97. The summed E-state index contributed by atoms with van der Waals surface area (Å²) in [7, 11) is 3.30. The predicted octanol–water partition coefficient (Wildman–Crippen LogP) is 1.87. The molecular formula is C13H17N3O2S. The third kappa shape index (κ3) is 3.73. The van der Waals surface area contributed by atoms with Crippen LogP contribution in [0.3, 0.4) is 0 Å². The first-order chi connectivity index (χ1) is 9.35. The zero-order chi connectivity index (χ0) is 13.5. The molecule has 2 aromatic heterocycles. The molecule has 0 aliphatic heterocycles. The molecule has 0 saturated heterocycles. The van der Waals surface area contributed by atoms with E-state index in [1.165, 1.54) is 0 Å². The minimum absolute atomic E-state index is 0.0357. The highest BCUT2D eigenvalue weighted by molar-refractivity contribution is 7.09. The number of hydrogen-bond donors (Lipinski definition) is 1. The van der Waals surface area contributed by atoms with Crippen molar-refractivity contribution < 1.29 is 9.47 Å². The smallest absolute Gasteiger partial charge is 0.212 e. The number of pyridine rings is 1. The van der Waals surface area contributed by atoms with E-state index in [1.807, 2.05) is 29.9 Å². The van der Waals surface area contributed by atoms with E-state index in [0.717, 1.165) is 17.1 Å². The monoisotopic (exact) mass is 279 g/mol. The van der Waals surface area contributed by atoms with Gasteiger partial charge in [0, 0.05) is 37.5 Å². The second-order valence-corrected chi connectivity index (χ2v) is 4.81. The summed E-state index contributed by atoms with van der Waals surface area (Å²) in [6.45, 7) is 1.41. The van der Waals surface area contributed by atoms with Crippen LogP contribution in [0.2, 0.25) is 0 Å². The van der Waals surface area contributed by atoms with Crippen LogP contribution >= 0.6 is 11.3 Å². The number of nitrogens with zero attached hydrogens (tertiary/aromatic N) is 2. The van der Waals surface area contributed by atoms with E-state index in [2.05, 4.69) is 15.3 Å². The maximum Gasteiger partial charge on any atom is 0.212 e. The molecule has 5 nitrogen and oxygen atoms in total. The molecule has 0 amide bonds. The Balaban J connectivity index is 2.15. The van der Waals surface area contributed by atoms with Gasteiger partial charge in [0.15, 0.2) is 0 Å². The maximum absolute atomic E-state index is 5.07. The quantitative estimate of drug-likeness (QED) is 0.784. The molecule has 0 aliphatic carbocycles. The van der Waals surface area contributed by atoms with Gasteiger partial charge >= 0.3 is 0 Å². The second kappa shape index (κ2) is 7.18. The standard InChI is InChI=1S/C13H17N3O2S/c1-17-7-5-14-12(13-15-6-8-19-13)10-3-4-11(18-2)16-9-10/h3-4,6,8-9,12,14H,5,7H2,1-2H3. The number of nitrogens with one attached hydrogen (secondary N) is 1. The van der Waals surface area contributed by atoms with Crippen molar-refractivity contribution in [3.05, 3.63) is 40.5 Å². The third-order valence-electron chi connectivity index (χ3n) is 2.65. The molecule has 0 saturated carbocycles. The second-order valence-electron chi connectivity index (χ2n) is 3.88. The lowest BCUT2D eigenvalue weighted by Crippen LogP contribution is -2.26. The molecule has 1 unspecified atom stereocenters. The summed E-state index contributed by atoms with van der Waals surface area (Å²) >= 11 is 1.62. The number of thiazole rings is 1. The Morgan fingerprint density at radius 2 is 2.21 bits per heavy atom. The molecule has 102 valence electrons. The first-order valence-corrected chi connectivity index (χ1v) is 6.84. The van der Waals surface area contributed by atoms with E-state index in [-0.39, 0.29) is 6.04 Å². The predicted molar refractivity (Wildman–Crippen MR) is 74.6 cm³/mol. The molecule has 0 fully saturated rings. The van der Waals surface area contributed by atoms with Crippen molar-refractivity contribution in [2.45, 2.75) is 6.04 Å². The minimum Gasteiger partial charge on any atom is -0.481 e. The van der Waals surface area contributed by atoms with Crippen molar-refractivity contribution in [1.29, 1.82) is 0 Å². The highest BCUT2D eigenvalue weighted by Crippen LogP contribution is 2.24. The van der Waals surface area contributed by atoms with Gasteiger partial charge in [0.1, 0.15) is 5.01 Å². The molecule has 6 heteroatoms. The molecule has 0 radical (unpaired) electrons. The molecule has 0 bridgehead atoms. The topological polar surface area (TPSA) is 56.3 Å². The summed E-state index contributed by atoms with van der Waals surface area (Å²) in [5, 5.41) is 6.41. The van der Waals surface area contributed by atoms with Crippen LogP contribution in [0.15, 0.2) is 29.9 Å². The van der Waals surface area contributed by atoms with Gasteiger partial charge < -0.3 is 14.8 Å². The van der Waals surface area contributed by atoms with Crippen molar-refractivity contribution in [1.82, 2.24) is 15.3 Å². The molecule has 0 spiro atoms. The fourth-order valence-corrected chi connectivity index (χ4v) is 2.45. The fourth-order valence-electron chi connectivity index (χ4n) is 1.71. The lowest BCUT2D eigenvalue weighted by Gasteiger charge is -2.16. The SMILES string of the molecule is COCCNC(c1ccc(OC)nc1)c1nccs1. The van der Waals surface area contributed by atoms with Gasteiger partial charge in [0.2, 0.25) is 5.88 Å². The highest BCUT2D eigenvalue weighted by atomic mass is 32.1. The molecule has 2 rings (SSSR count). The lowest BCUT2D eigenvalue weighted by atomic mass is 10.1. The highest BCUT2D eigenvalue weighted by Gasteiger charge is 2.16. The van der Waals surface area contributed by atoms with Crippen molar-refractivity contribution in [2.24, 2.45) is 0 Å². The van der Waals surface area contributed by atoms with E-state index < -0.39 is 0 Å². The van der Waals surface area contributed by atoms with E-state index in [4.69, 9.17) is 9.47 Å². The van der Waals surface area contributed by atoms with Gasteiger partial charge in [0.25, 0.3) is 0 Å². The maximum atomic E-state index is 5.07. The van der Waals surface area contributed by atoms with Crippen LogP contribution in [0.25, 0.3) is 0 Å². The largest absolute Gasteiger partial charge is 0.481 e. The van der Waals surface area contributed by atoms with Gasteiger partial charge in [-0.1, -0.05) is 6.07 Å². The molecule has 0 aromatic carbocycles. The zero-order valence-electron chi connectivity index (χ0n) is 11.0. The van der Waals surface area contributed by atoms with Crippen LogP contribution in [0.5, 0.6) is 5.88 Å². The number of hydrogen-bond acceptors (Lipinski definition) is 6. The van der Waals surface area contributed by atoms with Crippen molar-refractivity contribution >= 4 is 11.3 Å². The van der Waals surface area contributed by atoms with Gasteiger partial charge in [-0.25, -0.2) is 9.97 Å². The van der Waals surface area contributed by atoms with Crippen LogP contribution in [0.1, 0.15) is 16.6 Å². The van der Waals surface area contributed by atoms with Crippen LogP contribution < -0.4 is 10.1 Å². The molecule has 2 heterocycles. The molecule has 0 aliphatic rings. The Morgan fingerprint density at radius 3 is 2.79 bits per heavy atom.